The van der Waals surface area contributed by atoms with Crippen LogP contribution in [0.25, 0.3) is 10.9 Å². The zero-order valence-corrected chi connectivity index (χ0v) is 18.4. The second-order valence-corrected chi connectivity index (χ2v) is 8.20. The van der Waals surface area contributed by atoms with Crippen molar-refractivity contribution >= 4 is 45.8 Å². The van der Waals surface area contributed by atoms with Crippen molar-refractivity contribution in [1.29, 1.82) is 0 Å². The molecule has 1 aliphatic heterocycles. The van der Waals surface area contributed by atoms with Crippen molar-refractivity contribution < 1.29 is 19.4 Å². The number of nitrogens with zero attached hydrogens (tertiary/aromatic N) is 1. The normalized spacial score (nSPS) is 16.5. The Balaban J connectivity index is 1.69. The number of H-pyrrole nitrogens is 1. The Kier molecular flexibility index (Phi) is 5.69. The van der Waals surface area contributed by atoms with Gasteiger partial charge in [0.25, 0.3) is 5.91 Å². The second kappa shape index (κ2) is 8.29. The molecular weight excluding hydrogens is 439 g/mol. The molecule has 2 aromatic carbocycles. The van der Waals surface area contributed by atoms with Crippen molar-refractivity contribution in [3.63, 3.8) is 0 Å². The van der Waals surface area contributed by atoms with E-state index in [-0.39, 0.29) is 17.9 Å². The van der Waals surface area contributed by atoms with Crippen molar-refractivity contribution in [2.24, 2.45) is 0 Å². The Morgan fingerprint density at radius 3 is 2.68 bits per heavy atom. The number of amides is 1. The Labute approximate surface area is 189 Å². The average molecular weight is 459 g/mol. The van der Waals surface area contributed by atoms with E-state index in [1.807, 2.05) is 24.4 Å². The average Bonchev–Trinajstić information content (AvgIpc) is 3.25. The molecule has 1 amide bonds. The molecular formula is C23H20Cl2N2O4. The summed E-state index contributed by atoms with van der Waals surface area (Å²) in [6, 6.07) is 9.81. The van der Waals surface area contributed by atoms with Crippen molar-refractivity contribution in [3.05, 3.63) is 75.1 Å². The number of hydrogen-bond acceptors (Lipinski definition) is 4. The molecule has 6 nitrogen and oxygen atoms in total. The van der Waals surface area contributed by atoms with Crippen LogP contribution in [0.2, 0.25) is 10.0 Å². The third-order valence-corrected chi connectivity index (χ3v) is 6.10. The zero-order valence-electron chi connectivity index (χ0n) is 16.9. The van der Waals surface area contributed by atoms with E-state index in [9.17, 15) is 14.7 Å². The molecule has 8 heteroatoms. The highest BCUT2D eigenvalue weighted by Crippen LogP contribution is 2.41. The molecule has 0 saturated heterocycles. The first-order valence-corrected chi connectivity index (χ1v) is 10.4. The number of halogens is 2. The molecule has 160 valence electrons. The third kappa shape index (κ3) is 3.77. The van der Waals surface area contributed by atoms with Crippen molar-refractivity contribution in [2.75, 3.05) is 13.7 Å². The van der Waals surface area contributed by atoms with Crippen LogP contribution in [0.4, 0.5) is 0 Å². The number of carbonyl (C=O) groups excluding carboxylic acids is 2. The number of aromatic nitrogens is 1. The third-order valence-electron chi connectivity index (χ3n) is 5.54. The minimum Gasteiger partial charge on any atom is -0.503 e. The molecule has 3 aromatic rings. The number of carbonyl (C=O) groups is 2. The van der Waals surface area contributed by atoms with Gasteiger partial charge in [0.05, 0.1) is 18.7 Å². The molecule has 2 heterocycles. The van der Waals surface area contributed by atoms with Gasteiger partial charge < -0.3 is 19.7 Å². The summed E-state index contributed by atoms with van der Waals surface area (Å²) in [6.45, 7) is 1.60. The van der Waals surface area contributed by atoms with Crippen molar-refractivity contribution in [3.8, 4) is 5.75 Å². The highest BCUT2D eigenvalue weighted by atomic mass is 35.5. The molecule has 0 fully saturated rings. The number of ketones is 1. The number of ether oxygens (including phenoxy) is 1. The molecule has 4 rings (SSSR count). The van der Waals surface area contributed by atoms with Gasteiger partial charge in [-0.1, -0.05) is 29.3 Å². The monoisotopic (exact) mass is 458 g/mol. The SMILES string of the molecule is COc1ccc2[nH]cc(CCN3C(=O)C(O)=C(C(C)=O)C3c3ccc(Cl)cc3Cl)c2c1. The molecule has 0 spiro atoms. The van der Waals surface area contributed by atoms with Crippen LogP contribution in [0.15, 0.2) is 53.9 Å². The standard InChI is InChI=1S/C23H20Cl2N2O4/c1-12(28)20-21(16-5-3-14(24)9-18(16)25)27(23(30)22(20)29)8-7-13-11-26-19-6-4-15(31-2)10-17(13)19/h3-6,9-11,21,26,29H,7-8H2,1-2H3. The first kappa shape index (κ1) is 21.3. The topological polar surface area (TPSA) is 82.6 Å². The lowest BCUT2D eigenvalue weighted by Crippen LogP contribution is -2.33. The number of fused-ring (bicyclic) bond motifs is 1. The fourth-order valence-electron chi connectivity index (χ4n) is 4.02. The number of hydrogen-bond donors (Lipinski definition) is 2. The number of aromatic amines is 1. The lowest BCUT2D eigenvalue weighted by Gasteiger charge is -2.27. The Hall–Kier alpha value is -2.96. The minimum absolute atomic E-state index is 0.0369. The molecule has 31 heavy (non-hydrogen) atoms. The lowest BCUT2D eigenvalue weighted by atomic mass is 9.96. The molecule has 0 aliphatic carbocycles. The van der Waals surface area contributed by atoms with Gasteiger partial charge in [0, 0.05) is 33.7 Å². The van der Waals surface area contributed by atoms with Gasteiger partial charge in [-0.25, -0.2) is 0 Å². The van der Waals surface area contributed by atoms with Crippen LogP contribution in [-0.4, -0.2) is 40.3 Å². The van der Waals surface area contributed by atoms with Crippen molar-refractivity contribution in [1.82, 2.24) is 9.88 Å². The quantitative estimate of drug-likeness (QED) is 0.543. The van der Waals surface area contributed by atoms with Crippen molar-refractivity contribution in [2.45, 2.75) is 19.4 Å². The van der Waals surface area contributed by atoms with Gasteiger partial charge in [-0.3, -0.25) is 9.59 Å². The lowest BCUT2D eigenvalue weighted by molar-refractivity contribution is -0.129. The molecule has 0 radical (unpaired) electrons. The maximum absolute atomic E-state index is 12.9. The summed E-state index contributed by atoms with van der Waals surface area (Å²) < 4.78 is 5.31. The Morgan fingerprint density at radius 1 is 1.23 bits per heavy atom. The summed E-state index contributed by atoms with van der Waals surface area (Å²) in [5, 5.41) is 12.2. The van der Waals surface area contributed by atoms with E-state index in [4.69, 9.17) is 27.9 Å². The number of Topliss-reactive ketones (excluding diaryl/α,β-unsaturated/α-hetero) is 1. The second-order valence-electron chi connectivity index (χ2n) is 7.36. The summed E-state index contributed by atoms with van der Waals surface area (Å²) in [7, 11) is 1.61. The largest absolute Gasteiger partial charge is 0.503 e. The van der Waals surface area contributed by atoms with Crippen LogP contribution < -0.4 is 4.74 Å². The van der Waals surface area contributed by atoms with E-state index in [1.54, 1.807) is 25.3 Å². The van der Waals surface area contributed by atoms with E-state index < -0.39 is 17.7 Å². The highest BCUT2D eigenvalue weighted by molar-refractivity contribution is 6.35. The van der Waals surface area contributed by atoms with Gasteiger partial charge in [-0.15, -0.1) is 0 Å². The van der Waals surface area contributed by atoms with E-state index in [0.29, 0.717) is 22.0 Å². The summed E-state index contributed by atoms with van der Waals surface area (Å²) in [5.41, 5.74) is 2.51. The Morgan fingerprint density at radius 2 is 2.00 bits per heavy atom. The maximum Gasteiger partial charge on any atom is 0.290 e. The smallest absolute Gasteiger partial charge is 0.290 e. The van der Waals surface area contributed by atoms with Crippen LogP contribution >= 0.6 is 23.2 Å². The maximum atomic E-state index is 12.9. The first-order valence-electron chi connectivity index (χ1n) is 9.65. The molecule has 0 bridgehead atoms. The van der Waals surface area contributed by atoms with Crippen LogP contribution in [0.3, 0.4) is 0 Å². The van der Waals surface area contributed by atoms with Gasteiger partial charge in [-0.05, 0) is 54.8 Å². The van der Waals surface area contributed by atoms with Crippen LogP contribution in [0.5, 0.6) is 5.75 Å². The van der Waals surface area contributed by atoms with Gasteiger partial charge in [0.1, 0.15) is 5.75 Å². The molecule has 2 N–H and O–H groups in total. The summed E-state index contributed by atoms with van der Waals surface area (Å²) in [6.07, 6.45) is 2.38. The van der Waals surface area contributed by atoms with Gasteiger partial charge in [0.15, 0.2) is 11.5 Å². The van der Waals surface area contributed by atoms with Gasteiger partial charge in [0.2, 0.25) is 0 Å². The molecule has 1 atom stereocenters. The first-order chi connectivity index (χ1) is 14.8. The number of methoxy groups -OCH3 is 1. The number of nitrogens with one attached hydrogen (secondary N) is 1. The van der Waals surface area contributed by atoms with Gasteiger partial charge >= 0.3 is 0 Å². The number of rotatable bonds is 6. The summed E-state index contributed by atoms with van der Waals surface area (Å²) in [5.74, 6) is -0.793. The number of aliphatic hydroxyl groups excluding tert-OH is 1. The summed E-state index contributed by atoms with van der Waals surface area (Å²) >= 11 is 12.4. The van der Waals surface area contributed by atoms with Crippen LogP contribution in [0.1, 0.15) is 24.1 Å². The Bertz CT molecular complexity index is 1230. The van der Waals surface area contributed by atoms with E-state index >= 15 is 0 Å². The van der Waals surface area contributed by atoms with E-state index in [0.717, 1.165) is 22.2 Å². The van der Waals surface area contributed by atoms with Crippen LogP contribution in [0, 0.1) is 0 Å². The molecule has 0 saturated carbocycles. The number of aliphatic hydroxyl groups is 1. The molecule has 1 aliphatic rings. The molecule has 1 unspecified atom stereocenters. The summed E-state index contributed by atoms with van der Waals surface area (Å²) in [4.78, 5) is 29.9. The fraction of sp³-hybridized carbons (Fsp3) is 0.217. The highest BCUT2D eigenvalue weighted by Gasteiger charge is 2.42. The predicted octanol–water partition coefficient (Wildman–Crippen LogP) is 5.01. The van der Waals surface area contributed by atoms with Crippen LogP contribution in [-0.2, 0) is 16.0 Å². The predicted molar refractivity (Wildman–Crippen MR) is 120 cm³/mol. The molecule has 1 aromatic heterocycles. The van der Waals surface area contributed by atoms with E-state index in [1.165, 1.54) is 11.8 Å². The minimum atomic E-state index is -0.783. The van der Waals surface area contributed by atoms with Gasteiger partial charge in [-0.2, -0.15) is 0 Å². The fourth-order valence-corrected chi connectivity index (χ4v) is 4.53. The zero-order chi connectivity index (χ0) is 22.3. The number of benzene rings is 2. The van der Waals surface area contributed by atoms with E-state index in [2.05, 4.69) is 4.98 Å².